The highest BCUT2D eigenvalue weighted by Gasteiger charge is 2.93. The van der Waals surface area contributed by atoms with Crippen molar-refractivity contribution in [1.29, 1.82) is 0 Å². The summed E-state index contributed by atoms with van der Waals surface area (Å²) in [4.78, 5) is 2.61. The molecule has 2 saturated heterocycles. The molecule has 0 aromatic rings. The Balaban J connectivity index is 1.55. The highest BCUT2D eigenvalue weighted by Crippen LogP contribution is 2.82. The summed E-state index contributed by atoms with van der Waals surface area (Å²) in [6, 6.07) is 0.0378. The molecule has 2 heterocycles. The van der Waals surface area contributed by atoms with Crippen LogP contribution in [0.3, 0.4) is 0 Å². The van der Waals surface area contributed by atoms with Gasteiger partial charge in [0.25, 0.3) is 0 Å². The van der Waals surface area contributed by atoms with E-state index < -0.39 is 17.3 Å². The Morgan fingerprint density at radius 1 is 1.09 bits per heavy atom. The van der Waals surface area contributed by atoms with Gasteiger partial charge in [-0.25, -0.2) is 0 Å². The summed E-state index contributed by atoms with van der Waals surface area (Å²) in [6.45, 7) is 4.93. The topological polar surface area (TPSA) is 78.9 Å². The van der Waals surface area contributed by atoms with Crippen LogP contribution in [0.5, 0.6) is 0 Å². The molecule has 3 spiro atoms. The van der Waals surface area contributed by atoms with Crippen LogP contribution in [0.2, 0.25) is 0 Å². The van der Waals surface area contributed by atoms with Crippen molar-refractivity contribution in [3.63, 3.8) is 0 Å². The predicted octanol–water partition coefficient (Wildman–Crippen LogP) is 1.29. The molecule has 0 amide bonds. The van der Waals surface area contributed by atoms with E-state index in [1.807, 2.05) is 21.3 Å². The number of likely N-dealkylation sites (N-methyl/N-ethyl adjacent to an activating group) is 1. The quantitative estimate of drug-likeness (QED) is 0.611. The van der Waals surface area contributed by atoms with E-state index in [9.17, 15) is 5.11 Å². The monoisotopic (exact) mass is 479 g/mol. The first kappa shape index (κ1) is 22.8. The molecule has 0 radical (unpaired) electrons. The molecule has 2 aliphatic heterocycles. The van der Waals surface area contributed by atoms with Gasteiger partial charge in [-0.2, -0.15) is 0 Å². The summed E-state index contributed by atoms with van der Waals surface area (Å²) in [5.74, 6) is 0.813. The number of ether oxygens (including phenoxy) is 6. The SMILES string of the molecule is CCN1C[C@]2(COC)CCC(OC)C34[C@@H]5C[C@H]6[C@H](OC)[C@@H]5[C@@]5(C[C@@H]6OC)OCO[C@@]5([C@@H](O)[C@@H]32)[C@@H]14. The molecule has 192 valence electrons. The molecule has 7 aliphatic rings. The summed E-state index contributed by atoms with van der Waals surface area (Å²) in [5.41, 5.74) is -1.83. The summed E-state index contributed by atoms with van der Waals surface area (Å²) in [5, 5.41) is 12.6. The van der Waals surface area contributed by atoms with E-state index in [0.717, 1.165) is 38.8 Å². The maximum atomic E-state index is 12.6. The van der Waals surface area contributed by atoms with E-state index in [2.05, 4.69) is 11.8 Å². The Hall–Kier alpha value is -0.320. The van der Waals surface area contributed by atoms with Crippen LogP contribution in [0.4, 0.5) is 0 Å². The lowest BCUT2D eigenvalue weighted by Gasteiger charge is -2.70. The standard InChI is InChI=1S/C26H41NO7/c1-6-27-11-23(12-29-2)8-7-17(31-4)25-15-9-14-16(30-3)10-24(18(15)19(14)32-5)26(22(25)27,34-13-33-24)21(28)20(23)25/h14-22,28H,6-13H2,1-5H3/t14-,15-,16+,17?,18-,19+,20-,21+,22+,23+,24-,25?,26+/m1/s1. The molecule has 8 heteroatoms. The Morgan fingerprint density at radius 3 is 2.59 bits per heavy atom. The molecular formula is C26H41NO7. The fraction of sp³-hybridized carbons (Fsp3) is 1.00. The number of rotatable bonds is 6. The largest absolute Gasteiger partial charge is 0.390 e. The maximum absolute atomic E-state index is 12.6. The molecule has 5 saturated carbocycles. The van der Waals surface area contributed by atoms with Gasteiger partial charge in [0.1, 0.15) is 18.0 Å². The minimum absolute atomic E-state index is 0.0240. The van der Waals surface area contributed by atoms with Crippen LogP contribution < -0.4 is 0 Å². The van der Waals surface area contributed by atoms with Gasteiger partial charge < -0.3 is 33.5 Å². The number of fused-ring (bicyclic) bond motifs is 1. The second-order valence-electron chi connectivity index (χ2n) is 12.2. The first-order valence-electron chi connectivity index (χ1n) is 13.2. The summed E-state index contributed by atoms with van der Waals surface area (Å²) in [6.07, 6.45) is 3.20. The van der Waals surface area contributed by atoms with Crippen LogP contribution in [0.1, 0.15) is 32.6 Å². The number of aliphatic hydroxyl groups excluding tert-OH is 1. The second-order valence-corrected chi connectivity index (χ2v) is 12.2. The molecule has 13 atom stereocenters. The van der Waals surface area contributed by atoms with Crippen molar-refractivity contribution in [3.8, 4) is 0 Å². The molecule has 5 aliphatic carbocycles. The molecule has 1 N–H and O–H groups in total. The molecule has 0 aromatic carbocycles. The summed E-state index contributed by atoms with van der Waals surface area (Å²) in [7, 11) is 7.32. The number of aliphatic hydroxyl groups is 1. The van der Waals surface area contributed by atoms with Gasteiger partial charge in [-0.05, 0) is 31.7 Å². The second kappa shape index (κ2) is 7.16. The predicted molar refractivity (Wildman–Crippen MR) is 121 cm³/mol. The van der Waals surface area contributed by atoms with Crippen molar-refractivity contribution in [2.45, 2.75) is 74.3 Å². The molecular weight excluding hydrogens is 438 g/mol. The Morgan fingerprint density at radius 2 is 1.91 bits per heavy atom. The highest BCUT2D eigenvalue weighted by atomic mass is 16.7. The van der Waals surface area contributed by atoms with Gasteiger partial charge in [0.05, 0.1) is 37.1 Å². The summed E-state index contributed by atoms with van der Waals surface area (Å²) >= 11 is 0. The first-order valence-corrected chi connectivity index (χ1v) is 13.2. The van der Waals surface area contributed by atoms with Crippen LogP contribution >= 0.6 is 0 Å². The fourth-order valence-corrected chi connectivity index (χ4v) is 11.7. The number of hydrogen-bond donors (Lipinski definition) is 1. The number of likely N-dealkylation sites (tertiary alicyclic amines) is 1. The minimum atomic E-state index is -0.825. The zero-order valence-electron chi connectivity index (χ0n) is 21.2. The average molecular weight is 480 g/mol. The minimum Gasteiger partial charge on any atom is -0.390 e. The lowest BCUT2D eigenvalue weighted by atomic mass is 9.42. The third kappa shape index (κ3) is 2.05. The van der Waals surface area contributed by atoms with Crippen LogP contribution in [0.25, 0.3) is 0 Å². The van der Waals surface area contributed by atoms with E-state index in [1.54, 1.807) is 7.11 Å². The number of hydrogen-bond acceptors (Lipinski definition) is 8. The van der Waals surface area contributed by atoms with Crippen LogP contribution in [0.15, 0.2) is 0 Å². The van der Waals surface area contributed by atoms with E-state index in [4.69, 9.17) is 28.4 Å². The van der Waals surface area contributed by atoms with Crippen molar-refractivity contribution >= 4 is 0 Å². The molecule has 7 rings (SSSR count). The van der Waals surface area contributed by atoms with Gasteiger partial charge in [-0.1, -0.05) is 6.92 Å². The molecule has 34 heavy (non-hydrogen) atoms. The van der Waals surface area contributed by atoms with Gasteiger partial charge >= 0.3 is 0 Å². The molecule has 2 unspecified atom stereocenters. The first-order chi connectivity index (χ1) is 16.5. The fourth-order valence-electron chi connectivity index (χ4n) is 11.7. The maximum Gasteiger partial charge on any atom is 0.148 e. The van der Waals surface area contributed by atoms with Crippen LogP contribution in [-0.4, -0.2) is 107 Å². The van der Waals surface area contributed by atoms with Crippen molar-refractivity contribution in [3.05, 3.63) is 0 Å². The van der Waals surface area contributed by atoms with Crippen molar-refractivity contribution in [1.82, 2.24) is 4.90 Å². The molecule has 8 nitrogen and oxygen atoms in total. The van der Waals surface area contributed by atoms with E-state index in [1.165, 1.54) is 0 Å². The third-order valence-corrected chi connectivity index (χ3v) is 12.0. The lowest BCUT2D eigenvalue weighted by molar-refractivity contribution is -0.287. The van der Waals surface area contributed by atoms with Gasteiger partial charge in [-0.3, -0.25) is 4.90 Å². The van der Waals surface area contributed by atoms with Crippen molar-refractivity contribution < 1.29 is 33.5 Å². The Bertz CT molecular complexity index is 859. The Labute approximate surface area is 202 Å². The number of methoxy groups -OCH3 is 4. The number of piperidine rings is 1. The summed E-state index contributed by atoms with van der Waals surface area (Å²) < 4.78 is 38.3. The Kier molecular flexibility index (Phi) is 4.81. The van der Waals surface area contributed by atoms with Crippen LogP contribution in [0, 0.1) is 34.5 Å². The van der Waals surface area contributed by atoms with E-state index in [0.29, 0.717) is 18.4 Å². The van der Waals surface area contributed by atoms with Gasteiger partial charge in [-0.15, -0.1) is 0 Å². The zero-order chi connectivity index (χ0) is 23.7. The smallest absolute Gasteiger partial charge is 0.148 e. The highest BCUT2D eigenvalue weighted by molar-refractivity contribution is 5.42. The van der Waals surface area contributed by atoms with Gasteiger partial charge in [0.2, 0.25) is 0 Å². The van der Waals surface area contributed by atoms with Gasteiger partial charge in [0.15, 0.2) is 0 Å². The molecule has 0 aromatic heterocycles. The lowest BCUT2D eigenvalue weighted by Crippen LogP contribution is -2.81. The zero-order valence-corrected chi connectivity index (χ0v) is 21.2. The van der Waals surface area contributed by atoms with Crippen molar-refractivity contribution in [2.75, 3.05) is 54.9 Å². The third-order valence-electron chi connectivity index (χ3n) is 12.0. The average Bonchev–Trinajstić information content (AvgIpc) is 3.42. The number of nitrogens with zero attached hydrogens (tertiary/aromatic N) is 1. The molecule has 7 fully saturated rings. The van der Waals surface area contributed by atoms with Crippen molar-refractivity contribution in [2.24, 2.45) is 34.5 Å². The molecule has 7 bridgehead atoms. The van der Waals surface area contributed by atoms with E-state index >= 15 is 0 Å². The van der Waals surface area contributed by atoms with E-state index in [-0.39, 0.29) is 53.8 Å². The normalized spacial score (nSPS) is 61.1. The van der Waals surface area contributed by atoms with Crippen LogP contribution in [-0.2, 0) is 28.4 Å². The van der Waals surface area contributed by atoms with Gasteiger partial charge in [0, 0.05) is 70.0 Å².